The van der Waals surface area contributed by atoms with Crippen molar-refractivity contribution in [2.24, 2.45) is 0 Å². The second-order valence-corrected chi connectivity index (χ2v) is 7.03. The first-order valence-electron chi connectivity index (χ1n) is 3.22. The Morgan fingerprint density at radius 3 is 2.38 bits per heavy atom. The van der Waals surface area contributed by atoms with E-state index in [9.17, 15) is 8.42 Å². The minimum atomic E-state index is -3.63. The van der Waals surface area contributed by atoms with E-state index in [0.717, 1.165) is 13.6 Å². The van der Waals surface area contributed by atoms with Gasteiger partial charge in [0.2, 0.25) is 0 Å². The molecule has 0 spiro atoms. The molecule has 1 aromatic carbocycles. The molecule has 0 N–H and O–H groups in total. The van der Waals surface area contributed by atoms with E-state index in [0.29, 0.717) is 0 Å². The molecule has 0 aromatic heterocycles. The first kappa shape index (κ1) is 11.7. The molecule has 2 nitrogen and oxygen atoms in total. The molecule has 0 bridgehead atoms. The summed E-state index contributed by atoms with van der Waals surface area (Å²) in [6.45, 7) is 1.90. The molecule has 1 rings (SSSR count). The normalized spacial score (nSPS) is 11.7. The van der Waals surface area contributed by atoms with Crippen molar-refractivity contribution < 1.29 is 8.42 Å². The summed E-state index contributed by atoms with van der Waals surface area (Å²) in [5.74, 6) is 0. The van der Waals surface area contributed by atoms with Gasteiger partial charge in [-0.05, 0) is 47.2 Å². The summed E-state index contributed by atoms with van der Waals surface area (Å²) >= 11 is 5.32. The van der Waals surface area contributed by atoms with Gasteiger partial charge in [0.1, 0.15) is 0 Å². The Balaban J connectivity index is 3.47. The summed E-state index contributed by atoms with van der Waals surface area (Å²) in [5.41, 5.74) is 1.00. The molecule has 0 atom stereocenters. The van der Waals surface area contributed by atoms with Crippen LogP contribution in [0.25, 0.3) is 0 Å². The Kier molecular flexibility index (Phi) is 3.65. The van der Waals surface area contributed by atoms with Gasteiger partial charge in [-0.1, -0.05) is 15.9 Å². The van der Waals surface area contributed by atoms with Crippen molar-refractivity contribution in [3.8, 4) is 0 Å². The van der Waals surface area contributed by atoms with Crippen molar-refractivity contribution >= 4 is 58.3 Å². The Morgan fingerprint density at radius 2 is 2.00 bits per heavy atom. The zero-order chi connectivity index (χ0) is 10.2. The van der Waals surface area contributed by atoms with E-state index >= 15 is 0 Å². The first-order valence-corrected chi connectivity index (χ1v) is 7.41. The van der Waals surface area contributed by atoms with Crippen LogP contribution < -0.4 is 0 Å². The van der Waals surface area contributed by atoms with E-state index in [4.69, 9.17) is 10.7 Å². The highest BCUT2D eigenvalue weighted by molar-refractivity contribution is 14.1. The largest absolute Gasteiger partial charge is 0.261 e. The van der Waals surface area contributed by atoms with Gasteiger partial charge in [0.25, 0.3) is 9.05 Å². The lowest BCUT2D eigenvalue weighted by Crippen LogP contribution is -1.93. The van der Waals surface area contributed by atoms with Gasteiger partial charge < -0.3 is 0 Å². The first-order chi connectivity index (χ1) is 5.82. The van der Waals surface area contributed by atoms with E-state index in [1.807, 2.05) is 6.92 Å². The fourth-order valence-corrected chi connectivity index (χ4v) is 3.37. The summed E-state index contributed by atoms with van der Waals surface area (Å²) in [6, 6.07) is 3.04. The van der Waals surface area contributed by atoms with Crippen molar-refractivity contribution in [1.29, 1.82) is 0 Å². The van der Waals surface area contributed by atoms with Gasteiger partial charge in [-0.2, -0.15) is 0 Å². The second kappa shape index (κ2) is 4.04. The van der Waals surface area contributed by atoms with E-state index in [-0.39, 0.29) is 4.90 Å². The molecular weight excluding hydrogens is 390 g/mol. The van der Waals surface area contributed by atoms with E-state index in [1.165, 1.54) is 6.07 Å². The molecule has 0 aliphatic carbocycles. The van der Waals surface area contributed by atoms with Crippen LogP contribution >= 0.6 is 49.2 Å². The van der Waals surface area contributed by atoms with Gasteiger partial charge in [0.05, 0.1) is 4.90 Å². The Bertz CT molecular complexity index is 421. The summed E-state index contributed by atoms with van der Waals surface area (Å²) in [5, 5.41) is 0. The quantitative estimate of drug-likeness (QED) is 0.540. The van der Waals surface area contributed by atoms with Crippen LogP contribution in [0.2, 0.25) is 0 Å². The van der Waals surface area contributed by atoms with Crippen LogP contribution in [0.1, 0.15) is 5.56 Å². The average molecular weight is 395 g/mol. The summed E-state index contributed by atoms with van der Waals surface area (Å²) in [4.78, 5) is 0.121. The van der Waals surface area contributed by atoms with Gasteiger partial charge in [0, 0.05) is 18.7 Å². The lowest BCUT2D eigenvalue weighted by molar-refractivity contribution is 0.609. The fraction of sp³-hybridized carbons (Fsp3) is 0.143. The third-order valence-corrected chi connectivity index (χ3v) is 4.81. The number of benzene rings is 1. The Labute approximate surface area is 103 Å². The predicted octanol–water partition coefficient (Wildman–Crippen LogP) is 3.29. The number of hydrogen-bond donors (Lipinski definition) is 0. The molecule has 13 heavy (non-hydrogen) atoms. The van der Waals surface area contributed by atoms with Crippen LogP contribution in [0.4, 0.5) is 0 Å². The molecule has 1 aromatic rings. The number of rotatable bonds is 1. The molecule has 0 aliphatic rings. The number of hydrogen-bond acceptors (Lipinski definition) is 2. The minimum Gasteiger partial charge on any atom is -0.207 e. The molecule has 0 fully saturated rings. The zero-order valence-corrected chi connectivity index (χ0v) is 11.8. The smallest absolute Gasteiger partial charge is 0.207 e. The molecule has 0 saturated heterocycles. The maximum Gasteiger partial charge on any atom is 0.261 e. The SMILES string of the molecule is Cc1c(Br)cc(S(=O)(=O)Cl)cc1I. The second-order valence-electron chi connectivity index (χ2n) is 2.45. The van der Waals surface area contributed by atoms with Gasteiger partial charge in [-0.15, -0.1) is 0 Å². The summed E-state index contributed by atoms with van der Waals surface area (Å²) in [7, 11) is 1.58. The van der Waals surface area contributed by atoms with Crippen molar-refractivity contribution in [3.63, 3.8) is 0 Å². The monoisotopic (exact) mass is 394 g/mol. The molecule has 0 aliphatic heterocycles. The van der Waals surface area contributed by atoms with Gasteiger partial charge in [-0.3, -0.25) is 0 Å². The lowest BCUT2D eigenvalue weighted by atomic mass is 10.2. The van der Waals surface area contributed by atoms with Crippen molar-refractivity contribution in [2.45, 2.75) is 11.8 Å². The summed E-state index contributed by atoms with van der Waals surface area (Å²) in [6.07, 6.45) is 0. The molecule has 72 valence electrons. The molecule has 0 unspecified atom stereocenters. The highest BCUT2D eigenvalue weighted by atomic mass is 127. The van der Waals surface area contributed by atoms with Crippen LogP contribution in [0, 0.1) is 10.5 Å². The number of halogens is 3. The Hall–Kier alpha value is 0.670. The third-order valence-electron chi connectivity index (χ3n) is 1.54. The lowest BCUT2D eigenvalue weighted by Gasteiger charge is -2.03. The predicted molar refractivity (Wildman–Crippen MR) is 64.6 cm³/mol. The van der Waals surface area contributed by atoms with Crippen LogP contribution in [-0.4, -0.2) is 8.42 Å². The third kappa shape index (κ3) is 2.81. The maximum absolute atomic E-state index is 11.0. The van der Waals surface area contributed by atoms with Gasteiger partial charge in [-0.25, -0.2) is 8.42 Å². The molecule has 0 amide bonds. The van der Waals surface area contributed by atoms with Crippen molar-refractivity contribution in [2.75, 3.05) is 0 Å². The molecular formula is C7H5BrClIO2S. The van der Waals surface area contributed by atoms with E-state index < -0.39 is 9.05 Å². The van der Waals surface area contributed by atoms with Crippen LogP contribution in [-0.2, 0) is 9.05 Å². The van der Waals surface area contributed by atoms with Crippen molar-refractivity contribution in [1.82, 2.24) is 0 Å². The average Bonchev–Trinajstić information content (AvgIpc) is 1.97. The molecule has 0 radical (unpaired) electrons. The highest BCUT2D eigenvalue weighted by Gasteiger charge is 2.13. The molecule has 6 heteroatoms. The standard InChI is InChI=1S/C7H5BrClIO2S/c1-4-6(8)2-5(3-7(4)10)13(9,11)12/h2-3H,1H3. The van der Waals surface area contributed by atoms with Crippen LogP contribution in [0.5, 0.6) is 0 Å². The topological polar surface area (TPSA) is 34.1 Å². The molecule has 0 heterocycles. The van der Waals surface area contributed by atoms with E-state index in [2.05, 4.69) is 38.5 Å². The maximum atomic E-state index is 11.0. The van der Waals surface area contributed by atoms with Gasteiger partial charge in [0.15, 0.2) is 0 Å². The molecule has 0 saturated carbocycles. The van der Waals surface area contributed by atoms with Crippen molar-refractivity contribution in [3.05, 3.63) is 25.7 Å². The van der Waals surface area contributed by atoms with E-state index in [1.54, 1.807) is 6.07 Å². The van der Waals surface area contributed by atoms with Crippen LogP contribution in [0.15, 0.2) is 21.5 Å². The summed E-state index contributed by atoms with van der Waals surface area (Å²) < 4.78 is 23.6. The highest BCUT2D eigenvalue weighted by Crippen LogP contribution is 2.27. The van der Waals surface area contributed by atoms with Gasteiger partial charge >= 0.3 is 0 Å². The van der Waals surface area contributed by atoms with Crippen LogP contribution in [0.3, 0.4) is 0 Å². The minimum absolute atomic E-state index is 0.121. The fourth-order valence-electron chi connectivity index (χ4n) is 0.763. The zero-order valence-electron chi connectivity index (χ0n) is 6.51. The Morgan fingerprint density at radius 1 is 1.46 bits per heavy atom.